The van der Waals surface area contributed by atoms with Crippen LogP contribution in [0.15, 0.2) is 48.5 Å². The average molecular weight is 358 g/mol. The lowest BCUT2D eigenvalue weighted by Crippen LogP contribution is -2.41. The van der Waals surface area contributed by atoms with E-state index in [0.29, 0.717) is 5.75 Å². The number of rotatable bonds is 8. The Morgan fingerprint density at radius 2 is 1.85 bits per heavy atom. The molecule has 1 unspecified atom stereocenters. The fraction of sp³-hybridized carbons (Fsp3) is 0.263. The highest BCUT2D eigenvalue weighted by molar-refractivity contribution is 5.87. The van der Waals surface area contributed by atoms with Crippen LogP contribution < -0.4 is 15.4 Å². The average Bonchev–Trinajstić information content (AvgIpc) is 2.63. The first-order valence-corrected chi connectivity index (χ1v) is 8.15. The summed E-state index contributed by atoms with van der Waals surface area (Å²) in [5.74, 6) is -0.331. The minimum absolute atomic E-state index is 0.0512. The zero-order chi connectivity index (χ0) is 18.9. The number of carbonyl (C=O) groups excluding carboxylic acids is 1. The SMILES string of the molecule is Cc1cccc(OCC(O)CNC(=O)NCc2ccc(C(=O)O)cc2)c1. The molecule has 0 heterocycles. The zero-order valence-corrected chi connectivity index (χ0v) is 14.4. The van der Waals surface area contributed by atoms with Crippen molar-refractivity contribution in [2.24, 2.45) is 0 Å². The predicted molar refractivity (Wildman–Crippen MR) is 96.3 cm³/mol. The van der Waals surface area contributed by atoms with Gasteiger partial charge in [0.05, 0.1) is 5.56 Å². The first-order valence-electron chi connectivity index (χ1n) is 8.15. The number of carbonyl (C=O) groups is 2. The molecule has 0 bridgehead atoms. The molecule has 1 atom stereocenters. The lowest BCUT2D eigenvalue weighted by molar-refractivity contribution is 0.0697. The van der Waals surface area contributed by atoms with E-state index in [-0.39, 0.29) is 25.3 Å². The summed E-state index contributed by atoms with van der Waals surface area (Å²) in [6.07, 6.45) is -0.837. The Labute approximate surface area is 151 Å². The number of amides is 2. The van der Waals surface area contributed by atoms with E-state index in [9.17, 15) is 14.7 Å². The van der Waals surface area contributed by atoms with Gasteiger partial charge in [-0.2, -0.15) is 0 Å². The van der Waals surface area contributed by atoms with Crippen molar-refractivity contribution in [2.45, 2.75) is 19.6 Å². The molecule has 0 aromatic heterocycles. The van der Waals surface area contributed by atoms with Gasteiger partial charge in [-0.05, 0) is 42.3 Å². The van der Waals surface area contributed by atoms with Gasteiger partial charge < -0.3 is 25.6 Å². The van der Waals surface area contributed by atoms with E-state index >= 15 is 0 Å². The van der Waals surface area contributed by atoms with E-state index in [0.717, 1.165) is 11.1 Å². The number of urea groups is 1. The Balaban J connectivity index is 1.66. The summed E-state index contributed by atoms with van der Waals surface area (Å²) in [4.78, 5) is 22.5. The Morgan fingerprint density at radius 1 is 1.12 bits per heavy atom. The second-order valence-corrected chi connectivity index (χ2v) is 5.85. The van der Waals surface area contributed by atoms with Gasteiger partial charge in [-0.1, -0.05) is 24.3 Å². The molecule has 0 aliphatic heterocycles. The topological polar surface area (TPSA) is 108 Å². The molecule has 0 spiro atoms. The number of carboxylic acids is 1. The van der Waals surface area contributed by atoms with Crippen LogP contribution >= 0.6 is 0 Å². The van der Waals surface area contributed by atoms with Gasteiger partial charge in [-0.15, -0.1) is 0 Å². The molecule has 2 amide bonds. The number of benzene rings is 2. The molecule has 4 N–H and O–H groups in total. The molecule has 138 valence electrons. The predicted octanol–water partition coefficient (Wildman–Crippen LogP) is 1.93. The van der Waals surface area contributed by atoms with Crippen molar-refractivity contribution >= 4 is 12.0 Å². The number of aliphatic hydroxyl groups excluding tert-OH is 1. The lowest BCUT2D eigenvalue weighted by atomic mass is 10.1. The Kier molecular flexibility index (Phi) is 6.99. The smallest absolute Gasteiger partial charge is 0.335 e. The van der Waals surface area contributed by atoms with Crippen LogP contribution in [0.3, 0.4) is 0 Å². The molecule has 2 aromatic rings. The maximum absolute atomic E-state index is 11.7. The van der Waals surface area contributed by atoms with Gasteiger partial charge in [0, 0.05) is 13.1 Å². The number of aryl methyl sites for hydroxylation is 1. The third-order valence-electron chi connectivity index (χ3n) is 3.58. The number of ether oxygens (including phenoxy) is 1. The van der Waals surface area contributed by atoms with Crippen LogP contribution in [0.1, 0.15) is 21.5 Å². The first kappa shape index (κ1) is 19.3. The quantitative estimate of drug-likeness (QED) is 0.577. The van der Waals surface area contributed by atoms with E-state index in [1.54, 1.807) is 18.2 Å². The molecular weight excluding hydrogens is 336 g/mol. The molecule has 0 saturated carbocycles. The number of aromatic carboxylic acids is 1. The number of carboxylic acid groups (broad SMARTS) is 1. The molecule has 2 aromatic carbocycles. The molecule has 0 fully saturated rings. The molecule has 26 heavy (non-hydrogen) atoms. The van der Waals surface area contributed by atoms with Crippen molar-refractivity contribution in [1.82, 2.24) is 10.6 Å². The molecule has 7 nitrogen and oxygen atoms in total. The maximum atomic E-state index is 11.7. The van der Waals surface area contributed by atoms with Crippen molar-refractivity contribution in [3.63, 3.8) is 0 Å². The molecule has 2 rings (SSSR count). The fourth-order valence-electron chi connectivity index (χ4n) is 2.18. The molecule has 0 saturated heterocycles. The van der Waals surface area contributed by atoms with Crippen LogP contribution in [0.5, 0.6) is 5.75 Å². The Bertz CT molecular complexity index is 746. The van der Waals surface area contributed by atoms with Crippen LogP contribution in [0.4, 0.5) is 4.79 Å². The summed E-state index contributed by atoms with van der Waals surface area (Å²) < 4.78 is 5.47. The minimum Gasteiger partial charge on any atom is -0.491 e. The summed E-state index contributed by atoms with van der Waals surface area (Å²) in [6, 6.07) is 13.3. The molecular formula is C19H22N2O5. The second-order valence-electron chi connectivity index (χ2n) is 5.85. The van der Waals surface area contributed by atoms with E-state index in [4.69, 9.17) is 9.84 Å². The minimum atomic E-state index is -0.996. The lowest BCUT2D eigenvalue weighted by Gasteiger charge is -2.14. The number of aliphatic hydroxyl groups is 1. The van der Waals surface area contributed by atoms with Crippen LogP contribution in [0.25, 0.3) is 0 Å². The van der Waals surface area contributed by atoms with Crippen LogP contribution in [-0.2, 0) is 6.54 Å². The highest BCUT2D eigenvalue weighted by Gasteiger charge is 2.08. The molecule has 7 heteroatoms. The van der Waals surface area contributed by atoms with Crippen molar-refractivity contribution in [2.75, 3.05) is 13.2 Å². The van der Waals surface area contributed by atoms with Gasteiger partial charge in [0.1, 0.15) is 18.5 Å². The molecule has 0 aliphatic rings. The summed E-state index contributed by atoms with van der Waals surface area (Å²) >= 11 is 0. The van der Waals surface area contributed by atoms with Gasteiger partial charge in [-0.3, -0.25) is 0 Å². The van der Waals surface area contributed by atoms with Crippen LogP contribution in [0, 0.1) is 6.92 Å². The first-order chi connectivity index (χ1) is 12.4. The van der Waals surface area contributed by atoms with E-state index in [1.807, 2.05) is 25.1 Å². The number of nitrogens with one attached hydrogen (secondary N) is 2. The monoisotopic (exact) mass is 358 g/mol. The van der Waals surface area contributed by atoms with Gasteiger partial charge in [0.25, 0.3) is 0 Å². The van der Waals surface area contributed by atoms with Gasteiger partial charge in [0.2, 0.25) is 0 Å². The van der Waals surface area contributed by atoms with Gasteiger partial charge >= 0.3 is 12.0 Å². The van der Waals surface area contributed by atoms with Gasteiger partial charge in [-0.25, -0.2) is 9.59 Å². The maximum Gasteiger partial charge on any atom is 0.335 e. The fourth-order valence-corrected chi connectivity index (χ4v) is 2.18. The van der Waals surface area contributed by atoms with E-state index in [2.05, 4.69) is 10.6 Å². The highest BCUT2D eigenvalue weighted by Crippen LogP contribution is 2.12. The normalized spacial score (nSPS) is 11.5. The second kappa shape index (κ2) is 9.43. The van der Waals surface area contributed by atoms with Crippen molar-refractivity contribution in [3.05, 3.63) is 65.2 Å². The van der Waals surface area contributed by atoms with Crippen molar-refractivity contribution in [3.8, 4) is 5.75 Å². The van der Waals surface area contributed by atoms with Crippen molar-refractivity contribution in [1.29, 1.82) is 0 Å². The number of hydrogen-bond acceptors (Lipinski definition) is 4. The molecule has 0 aliphatic carbocycles. The highest BCUT2D eigenvalue weighted by atomic mass is 16.5. The van der Waals surface area contributed by atoms with Gasteiger partial charge in [0.15, 0.2) is 0 Å². The summed E-state index contributed by atoms with van der Waals surface area (Å²) in [7, 11) is 0. The van der Waals surface area contributed by atoms with E-state index in [1.165, 1.54) is 12.1 Å². The third-order valence-corrected chi connectivity index (χ3v) is 3.58. The Morgan fingerprint density at radius 3 is 2.50 bits per heavy atom. The standard InChI is InChI=1S/C19H22N2O5/c1-13-3-2-4-17(9-13)26-12-16(22)11-21-19(25)20-10-14-5-7-15(8-6-14)18(23)24/h2-9,16,22H,10-12H2,1H3,(H,23,24)(H2,20,21,25). The Hall–Kier alpha value is -3.06. The van der Waals surface area contributed by atoms with Crippen LogP contribution in [-0.4, -0.2) is 41.5 Å². The van der Waals surface area contributed by atoms with Crippen LogP contribution in [0.2, 0.25) is 0 Å². The summed E-state index contributed by atoms with van der Waals surface area (Å²) in [5, 5.41) is 23.9. The molecule has 0 radical (unpaired) electrons. The zero-order valence-electron chi connectivity index (χ0n) is 14.4. The van der Waals surface area contributed by atoms with Crippen molar-refractivity contribution < 1.29 is 24.5 Å². The third kappa shape index (κ3) is 6.45. The van der Waals surface area contributed by atoms with E-state index < -0.39 is 18.1 Å². The number of hydrogen-bond donors (Lipinski definition) is 4. The summed E-state index contributed by atoms with van der Waals surface area (Å²) in [5.41, 5.74) is 2.02. The summed E-state index contributed by atoms with van der Waals surface area (Å²) in [6.45, 7) is 2.32. The largest absolute Gasteiger partial charge is 0.491 e.